The van der Waals surface area contributed by atoms with Crippen LogP contribution in [0.25, 0.3) is 32.3 Å². The van der Waals surface area contributed by atoms with Crippen molar-refractivity contribution in [3.63, 3.8) is 0 Å². The molecule has 4 aromatic rings. The van der Waals surface area contributed by atoms with E-state index in [1.165, 1.54) is 119 Å². The van der Waals surface area contributed by atoms with Crippen molar-refractivity contribution in [3.05, 3.63) is 130 Å². The lowest BCUT2D eigenvalue weighted by Gasteiger charge is -2.45. The van der Waals surface area contributed by atoms with Gasteiger partial charge in [0.15, 0.2) is 0 Å². The molecule has 4 aromatic carbocycles. The third-order valence-corrected chi connectivity index (χ3v) is 18.5. The maximum Gasteiger partial charge on any atom is 0.0783 e. The molecule has 2 atom stereocenters. The van der Waals surface area contributed by atoms with E-state index in [1.54, 1.807) is 0 Å². The van der Waals surface area contributed by atoms with Gasteiger partial charge in [-0.05, 0) is 58.4 Å². The topological polar surface area (TPSA) is 0 Å². The highest BCUT2D eigenvalue weighted by Crippen LogP contribution is 2.61. The minimum atomic E-state index is -2.27. The Morgan fingerprint density at radius 3 is 1.28 bits per heavy atom. The lowest BCUT2D eigenvalue weighted by atomic mass is 9.97. The third kappa shape index (κ3) is 6.37. The second-order valence-electron chi connectivity index (χ2n) is 14.0. The van der Waals surface area contributed by atoms with Gasteiger partial charge in [0.1, 0.15) is 0 Å². The van der Waals surface area contributed by atoms with Crippen molar-refractivity contribution < 1.29 is 0 Å². The Bertz CT molecular complexity index is 1620. The fourth-order valence-corrected chi connectivity index (χ4v) is 17.2. The summed E-state index contributed by atoms with van der Waals surface area (Å²) in [6.45, 7) is 9.37. The van der Waals surface area contributed by atoms with E-state index in [0.29, 0.717) is 11.1 Å². The van der Waals surface area contributed by atoms with Crippen LogP contribution in [0.15, 0.2) is 108 Å². The van der Waals surface area contributed by atoms with E-state index in [-0.39, 0.29) is 0 Å². The van der Waals surface area contributed by atoms with Gasteiger partial charge in [-0.2, -0.15) is 0 Å². The predicted molar refractivity (Wildman–Crippen MR) is 210 cm³/mol. The van der Waals surface area contributed by atoms with Gasteiger partial charge in [0, 0.05) is 32.3 Å². The van der Waals surface area contributed by atoms with E-state index in [1.807, 2.05) is 0 Å². The number of fused-ring (bicyclic) bond motifs is 2. The number of rotatable bonds is 14. The van der Waals surface area contributed by atoms with Crippen LogP contribution in [0.4, 0.5) is 0 Å². The highest BCUT2D eigenvalue weighted by molar-refractivity contribution is 6.85. The van der Waals surface area contributed by atoms with Crippen LogP contribution < -0.4 is 0 Å². The molecule has 0 bridgehead atoms. The van der Waals surface area contributed by atoms with Gasteiger partial charge in [-0.15, -0.1) is 0 Å². The molecular weight excluding hydrogens is 627 g/mol. The van der Waals surface area contributed by atoms with Crippen LogP contribution in [0, 0.1) is 0 Å². The van der Waals surface area contributed by atoms with E-state index in [0.717, 1.165) is 10.1 Å². The van der Waals surface area contributed by atoms with Crippen LogP contribution in [0.2, 0.25) is 12.1 Å². The Morgan fingerprint density at radius 1 is 0.489 bits per heavy atom. The van der Waals surface area contributed by atoms with Crippen molar-refractivity contribution in [2.75, 3.05) is 0 Å². The van der Waals surface area contributed by atoms with Gasteiger partial charge in [0.25, 0.3) is 0 Å². The molecule has 0 nitrogen and oxygen atoms in total. The Hall–Kier alpha value is -2.84. The van der Waals surface area contributed by atoms with E-state index in [9.17, 15) is 0 Å². The first-order valence-electron chi connectivity index (χ1n) is 18.0. The first kappa shape index (κ1) is 34.0. The standard InChI is InChI=1S/C44H50Cl2Si/c1-5-7-9-17-29-47(30-18-10-8-6-2,43-31(3)41(45)39-35(25-19-27-37(39)43)33-21-13-11-14-22-33)44-32(4)42(46)40-36(26-20-28-38(40)44)34-23-15-12-16-24-34/h11-16,19-28,43-44H,5-10,17-18,29-30H2,1-4H3. The molecule has 3 heteroatoms. The van der Waals surface area contributed by atoms with Crippen molar-refractivity contribution in [3.8, 4) is 22.3 Å². The quantitative estimate of drug-likeness (QED) is 0.0920. The van der Waals surface area contributed by atoms with Gasteiger partial charge in [0.2, 0.25) is 0 Å². The summed E-state index contributed by atoms with van der Waals surface area (Å²) >= 11 is 15.1. The number of unbranched alkanes of at least 4 members (excludes halogenated alkanes) is 6. The predicted octanol–water partition coefficient (Wildman–Crippen LogP) is 14.5. The molecule has 47 heavy (non-hydrogen) atoms. The van der Waals surface area contributed by atoms with Crippen molar-refractivity contribution in [1.29, 1.82) is 0 Å². The lowest BCUT2D eigenvalue weighted by Crippen LogP contribution is -2.48. The number of hydrogen-bond acceptors (Lipinski definition) is 0. The first-order valence-corrected chi connectivity index (χ1v) is 21.4. The summed E-state index contributed by atoms with van der Waals surface area (Å²) in [6, 6.07) is 38.2. The molecule has 0 aliphatic heterocycles. The minimum Gasteiger partial charge on any atom is -0.0837 e. The average molecular weight is 678 g/mol. The second kappa shape index (κ2) is 15.1. The van der Waals surface area contributed by atoms with E-state index in [4.69, 9.17) is 23.2 Å². The molecule has 244 valence electrons. The van der Waals surface area contributed by atoms with Crippen molar-refractivity contribution >= 4 is 41.3 Å². The highest BCUT2D eigenvalue weighted by Gasteiger charge is 2.54. The molecule has 2 aliphatic carbocycles. The zero-order chi connectivity index (χ0) is 33.0. The van der Waals surface area contributed by atoms with Crippen molar-refractivity contribution in [1.82, 2.24) is 0 Å². The van der Waals surface area contributed by atoms with Gasteiger partial charge >= 0.3 is 0 Å². The molecule has 0 N–H and O–H groups in total. The molecule has 0 heterocycles. The largest absolute Gasteiger partial charge is 0.0837 e. The van der Waals surface area contributed by atoms with Crippen molar-refractivity contribution in [2.24, 2.45) is 0 Å². The minimum absolute atomic E-state index is 0.354. The Morgan fingerprint density at radius 2 is 0.894 bits per heavy atom. The molecular formula is C44H50Cl2Si. The van der Waals surface area contributed by atoms with Crippen LogP contribution >= 0.6 is 23.2 Å². The Balaban J connectivity index is 1.58. The maximum absolute atomic E-state index is 7.56. The maximum atomic E-state index is 7.56. The third-order valence-electron chi connectivity index (χ3n) is 11.1. The Labute approximate surface area is 294 Å². The number of hydrogen-bond donors (Lipinski definition) is 0. The molecule has 0 fully saturated rings. The smallest absolute Gasteiger partial charge is 0.0783 e. The number of benzene rings is 4. The molecule has 0 radical (unpaired) electrons. The SMILES string of the molecule is CCCCCC[Si](CCCCCC)(C1C(C)=C(Cl)c2c(-c3ccccc3)cccc21)C1C(C)=C(Cl)c2c(-c3ccccc3)cccc21. The van der Waals surface area contributed by atoms with Gasteiger partial charge in [-0.1, -0.05) is 198 Å². The highest BCUT2D eigenvalue weighted by atomic mass is 35.5. The fraction of sp³-hybridized carbons (Fsp3) is 0.364. The average Bonchev–Trinajstić information content (AvgIpc) is 3.53. The van der Waals surface area contributed by atoms with Crippen LogP contribution in [-0.4, -0.2) is 8.07 Å². The monoisotopic (exact) mass is 676 g/mol. The normalized spacial score (nSPS) is 17.4. The van der Waals surface area contributed by atoms with E-state index >= 15 is 0 Å². The Kier molecular flexibility index (Phi) is 11.0. The van der Waals surface area contributed by atoms with Gasteiger partial charge in [-0.3, -0.25) is 0 Å². The molecule has 0 spiro atoms. The van der Waals surface area contributed by atoms with Gasteiger partial charge in [0.05, 0.1) is 8.07 Å². The molecule has 0 saturated heterocycles. The van der Waals surface area contributed by atoms with Crippen LogP contribution in [0.3, 0.4) is 0 Å². The summed E-state index contributed by atoms with van der Waals surface area (Å²) in [6.07, 6.45) is 10.2. The summed E-state index contributed by atoms with van der Waals surface area (Å²) < 4.78 is 0. The first-order chi connectivity index (χ1) is 22.9. The molecule has 0 saturated carbocycles. The fourth-order valence-electron chi connectivity index (χ4n) is 9.05. The summed E-state index contributed by atoms with van der Waals surface area (Å²) in [5.74, 6) is 0. The van der Waals surface area contributed by atoms with Crippen LogP contribution in [-0.2, 0) is 0 Å². The summed E-state index contributed by atoms with van der Waals surface area (Å²) in [5.41, 5.74) is 14.0. The molecule has 6 rings (SSSR count). The number of halogens is 2. The molecule has 0 amide bonds. The second-order valence-corrected chi connectivity index (χ2v) is 19.4. The molecule has 2 aliphatic rings. The van der Waals surface area contributed by atoms with E-state index in [2.05, 4.69) is 125 Å². The van der Waals surface area contributed by atoms with Gasteiger partial charge in [-0.25, -0.2) is 0 Å². The summed E-state index contributed by atoms with van der Waals surface area (Å²) in [5, 5.41) is 1.96. The zero-order valence-electron chi connectivity index (χ0n) is 28.7. The number of allylic oxidation sites excluding steroid dienone is 2. The van der Waals surface area contributed by atoms with Crippen LogP contribution in [0.1, 0.15) is 112 Å². The van der Waals surface area contributed by atoms with Gasteiger partial charge < -0.3 is 0 Å². The lowest BCUT2D eigenvalue weighted by molar-refractivity contribution is 0.668. The molecule has 2 unspecified atom stereocenters. The van der Waals surface area contributed by atoms with E-state index < -0.39 is 8.07 Å². The zero-order valence-corrected chi connectivity index (χ0v) is 31.2. The van der Waals surface area contributed by atoms with Crippen molar-refractivity contribution in [2.45, 2.75) is 102 Å². The summed E-state index contributed by atoms with van der Waals surface area (Å²) in [4.78, 5) is 0. The van der Waals surface area contributed by atoms with Crippen LogP contribution in [0.5, 0.6) is 0 Å². The summed E-state index contributed by atoms with van der Waals surface area (Å²) in [7, 11) is -2.27. The molecule has 0 aromatic heterocycles.